The molecule has 1 aliphatic heterocycles. The van der Waals surface area contributed by atoms with Crippen LogP contribution in [-0.4, -0.2) is 19.1 Å². The number of nitrogens with one attached hydrogen (secondary N) is 1. The Bertz CT molecular complexity index is 432. The van der Waals surface area contributed by atoms with Crippen LogP contribution in [0.25, 0.3) is 0 Å². The quantitative estimate of drug-likeness (QED) is 0.886. The molecule has 2 nitrogen and oxygen atoms in total. The minimum Gasteiger partial charge on any atom is -0.381 e. The van der Waals surface area contributed by atoms with E-state index in [1.165, 1.54) is 12.1 Å². The molecule has 2 rings (SSSR count). The standard InChI is InChI=1S/C14H20F2N2/c1-4-10-7-17-13-5-11(15)12(16)6-14(13)18(10)8-9(2)3/h5-6,9-10,17H,4,7-8H2,1-3H3. The predicted molar refractivity (Wildman–Crippen MR) is 71.1 cm³/mol. The van der Waals surface area contributed by atoms with Crippen LogP contribution in [0.3, 0.4) is 0 Å². The predicted octanol–water partition coefficient (Wildman–Crippen LogP) is 3.63. The fraction of sp³-hybridized carbons (Fsp3) is 0.571. The summed E-state index contributed by atoms with van der Waals surface area (Å²) in [5, 5.41) is 3.19. The van der Waals surface area contributed by atoms with Gasteiger partial charge in [-0.05, 0) is 12.3 Å². The third-order valence-electron chi connectivity index (χ3n) is 3.35. The van der Waals surface area contributed by atoms with E-state index in [2.05, 4.69) is 31.0 Å². The van der Waals surface area contributed by atoms with E-state index in [9.17, 15) is 8.78 Å². The maximum absolute atomic E-state index is 13.4. The zero-order valence-electron chi connectivity index (χ0n) is 11.1. The summed E-state index contributed by atoms with van der Waals surface area (Å²) in [6, 6.07) is 2.90. The SMILES string of the molecule is CCC1CNc2cc(F)c(F)cc2N1CC(C)C. The van der Waals surface area contributed by atoms with Gasteiger partial charge in [0.05, 0.1) is 11.4 Å². The van der Waals surface area contributed by atoms with Gasteiger partial charge in [-0.25, -0.2) is 8.78 Å². The maximum atomic E-state index is 13.4. The first-order valence-electron chi connectivity index (χ1n) is 6.52. The fourth-order valence-electron chi connectivity index (χ4n) is 2.46. The van der Waals surface area contributed by atoms with Crippen LogP contribution in [-0.2, 0) is 0 Å². The van der Waals surface area contributed by atoms with E-state index in [1.807, 2.05) is 0 Å². The zero-order valence-corrected chi connectivity index (χ0v) is 11.1. The van der Waals surface area contributed by atoms with Gasteiger partial charge in [0.1, 0.15) is 0 Å². The summed E-state index contributed by atoms with van der Waals surface area (Å²) >= 11 is 0. The highest BCUT2D eigenvalue weighted by molar-refractivity contribution is 5.73. The minimum atomic E-state index is -0.791. The van der Waals surface area contributed by atoms with Gasteiger partial charge in [-0.3, -0.25) is 0 Å². The molecule has 0 spiro atoms. The highest BCUT2D eigenvalue weighted by atomic mass is 19.2. The number of rotatable bonds is 3. The number of halogens is 2. The Hall–Kier alpha value is -1.32. The van der Waals surface area contributed by atoms with Gasteiger partial charge < -0.3 is 10.2 Å². The van der Waals surface area contributed by atoms with Crippen molar-refractivity contribution in [3.05, 3.63) is 23.8 Å². The molecule has 0 saturated heterocycles. The van der Waals surface area contributed by atoms with Crippen molar-refractivity contribution in [3.63, 3.8) is 0 Å². The summed E-state index contributed by atoms with van der Waals surface area (Å²) in [4.78, 5) is 2.19. The van der Waals surface area contributed by atoms with Gasteiger partial charge in [0.2, 0.25) is 0 Å². The summed E-state index contributed by atoms with van der Waals surface area (Å²) in [5.74, 6) is -1.08. The summed E-state index contributed by atoms with van der Waals surface area (Å²) in [7, 11) is 0. The molecule has 0 fully saturated rings. The second kappa shape index (κ2) is 5.12. The Labute approximate surface area is 107 Å². The first-order valence-corrected chi connectivity index (χ1v) is 6.52. The van der Waals surface area contributed by atoms with Crippen LogP contribution in [0, 0.1) is 17.6 Å². The molecule has 1 aromatic rings. The second-order valence-electron chi connectivity index (χ2n) is 5.27. The van der Waals surface area contributed by atoms with E-state index >= 15 is 0 Å². The molecule has 0 saturated carbocycles. The monoisotopic (exact) mass is 254 g/mol. The van der Waals surface area contributed by atoms with Crippen molar-refractivity contribution in [2.75, 3.05) is 23.3 Å². The van der Waals surface area contributed by atoms with Gasteiger partial charge in [-0.15, -0.1) is 0 Å². The Morgan fingerprint density at radius 3 is 2.61 bits per heavy atom. The average Bonchev–Trinajstić information content (AvgIpc) is 2.31. The first kappa shape index (κ1) is 13.1. The summed E-state index contributed by atoms with van der Waals surface area (Å²) in [6.45, 7) is 8.02. The molecule has 0 bridgehead atoms. The molecule has 0 radical (unpaired) electrons. The van der Waals surface area contributed by atoms with Crippen molar-refractivity contribution >= 4 is 11.4 Å². The molecular weight excluding hydrogens is 234 g/mol. The number of hydrogen-bond donors (Lipinski definition) is 1. The van der Waals surface area contributed by atoms with Crippen molar-refractivity contribution in [1.29, 1.82) is 0 Å². The van der Waals surface area contributed by atoms with E-state index in [1.54, 1.807) is 0 Å². The minimum absolute atomic E-state index is 0.338. The van der Waals surface area contributed by atoms with Crippen LogP contribution in [0.15, 0.2) is 12.1 Å². The van der Waals surface area contributed by atoms with Gasteiger partial charge in [0.25, 0.3) is 0 Å². The molecule has 4 heteroatoms. The molecule has 1 N–H and O–H groups in total. The normalized spacial score (nSPS) is 18.8. The topological polar surface area (TPSA) is 15.3 Å². The maximum Gasteiger partial charge on any atom is 0.161 e. The van der Waals surface area contributed by atoms with Gasteiger partial charge in [0.15, 0.2) is 11.6 Å². The molecule has 100 valence electrons. The van der Waals surface area contributed by atoms with Crippen molar-refractivity contribution in [1.82, 2.24) is 0 Å². The molecule has 0 aromatic heterocycles. The van der Waals surface area contributed by atoms with E-state index in [0.717, 1.165) is 25.2 Å². The number of hydrogen-bond acceptors (Lipinski definition) is 2. The second-order valence-corrected chi connectivity index (χ2v) is 5.27. The molecule has 0 amide bonds. The molecular formula is C14H20F2N2. The van der Waals surface area contributed by atoms with Crippen LogP contribution in [0.5, 0.6) is 0 Å². The molecule has 1 heterocycles. The Morgan fingerprint density at radius 2 is 2.00 bits per heavy atom. The number of anilines is 2. The smallest absolute Gasteiger partial charge is 0.161 e. The molecule has 18 heavy (non-hydrogen) atoms. The van der Waals surface area contributed by atoms with Gasteiger partial charge >= 0.3 is 0 Å². The van der Waals surface area contributed by atoms with E-state index in [0.29, 0.717) is 17.6 Å². The Kier molecular flexibility index (Phi) is 3.73. The lowest BCUT2D eigenvalue weighted by molar-refractivity contribution is 0.497. The van der Waals surface area contributed by atoms with Crippen LogP contribution in [0.2, 0.25) is 0 Å². The molecule has 1 atom stereocenters. The lowest BCUT2D eigenvalue weighted by atomic mass is 10.0. The van der Waals surface area contributed by atoms with Crippen LogP contribution in [0.4, 0.5) is 20.2 Å². The third-order valence-corrected chi connectivity index (χ3v) is 3.35. The van der Waals surface area contributed by atoms with Crippen molar-refractivity contribution < 1.29 is 8.78 Å². The van der Waals surface area contributed by atoms with Crippen LogP contribution in [0.1, 0.15) is 27.2 Å². The van der Waals surface area contributed by atoms with Gasteiger partial charge in [0, 0.05) is 31.3 Å². The van der Waals surface area contributed by atoms with Crippen molar-refractivity contribution in [3.8, 4) is 0 Å². The number of benzene rings is 1. The zero-order chi connectivity index (χ0) is 13.3. The Morgan fingerprint density at radius 1 is 1.33 bits per heavy atom. The average molecular weight is 254 g/mol. The largest absolute Gasteiger partial charge is 0.381 e. The highest BCUT2D eigenvalue weighted by Gasteiger charge is 2.26. The van der Waals surface area contributed by atoms with Crippen molar-refractivity contribution in [2.45, 2.75) is 33.2 Å². The fourth-order valence-corrected chi connectivity index (χ4v) is 2.46. The summed E-state index contributed by atoms with van der Waals surface area (Å²) < 4.78 is 26.7. The van der Waals surface area contributed by atoms with Crippen LogP contribution >= 0.6 is 0 Å². The Balaban J connectivity index is 2.40. The molecule has 1 unspecified atom stereocenters. The lowest BCUT2D eigenvalue weighted by Gasteiger charge is -2.40. The van der Waals surface area contributed by atoms with E-state index < -0.39 is 11.6 Å². The molecule has 1 aromatic carbocycles. The summed E-state index contributed by atoms with van der Waals surface area (Å²) in [5.41, 5.74) is 1.47. The van der Waals surface area contributed by atoms with Gasteiger partial charge in [-0.1, -0.05) is 20.8 Å². The lowest BCUT2D eigenvalue weighted by Crippen LogP contribution is -2.45. The van der Waals surface area contributed by atoms with E-state index in [4.69, 9.17) is 0 Å². The van der Waals surface area contributed by atoms with E-state index in [-0.39, 0.29) is 0 Å². The van der Waals surface area contributed by atoms with Crippen LogP contribution < -0.4 is 10.2 Å². The third kappa shape index (κ3) is 2.42. The molecule has 0 aliphatic carbocycles. The number of fused-ring (bicyclic) bond motifs is 1. The first-order chi connectivity index (χ1) is 8.52. The highest BCUT2D eigenvalue weighted by Crippen LogP contribution is 2.34. The van der Waals surface area contributed by atoms with Gasteiger partial charge in [-0.2, -0.15) is 0 Å². The van der Waals surface area contributed by atoms with Crippen molar-refractivity contribution in [2.24, 2.45) is 5.92 Å². The molecule has 1 aliphatic rings. The number of nitrogens with zero attached hydrogens (tertiary/aromatic N) is 1. The summed E-state index contributed by atoms with van der Waals surface area (Å²) in [6.07, 6.45) is 0.984.